The lowest BCUT2D eigenvalue weighted by Gasteiger charge is -2.07. The lowest BCUT2D eigenvalue weighted by atomic mass is 10.1. The zero-order chi connectivity index (χ0) is 11.5. The molecule has 1 aromatic carbocycles. The van der Waals surface area contributed by atoms with Gasteiger partial charge in [0, 0.05) is 17.9 Å². The summed E-state index contributed by atoms with van der Waals surface area (Å²) in [6, 6.07) is 4.24. The van der Waals surface area contributed by atoms with Gasteiger partial charge in [0.15, 0.2) is 0 Å². The Kier molecular flexibility index (Phi) is 2.96. The number of benzene rings is 1. The highest BCUT2D eigenvalue weighted by molar-refractivity contribution is 7.07. The van der Waals surface area contributed by atoms with Crippen molar-refractivity contribution >= 4 is 22.9 Å². The Labute approximate surface area is 96.0 Å². The molecule has 0 aliphatic rings. The van der Waals surface area contributed by atoms with Gasteiger partial charge in [-0.15, -0.1) is 11.3 Å². The smallest absolute Gasteiger partial charge is 0.221 e. The van der Waals surface area contributed by atoms with Crippen LogP contribution in [0.15, 0.2) is 29.1 Å². The van der Waals surface area contributed by atoms with Gasteiger partial charge in [0.1, 0.15) is 5.82 Å². The fraction of sp³-hybridized carbons (Fsp3) is 0.0909. The summed E-state index contributed by atoms with van der Waals surface area (Å²) in [5.74, 6) is -0.621. The second-order valence-electron chi connectivity index (χ2n) is 3.24. The van der Waals surface area contributed by atoms with Crippen molar-refractivity contribution < 1.29 is 9.18 Å². The van der Waals surface area contributed by atoms with E-state index in [4.69, 9.17) is 0 Å². The lowest BCUT2D eigenvalue weighted by Crippen LogP contribution is -2.07. The Bertz CT molecular complexity index is 511. The lowest BCUT2D eigenvalue weighted by molar-refractivity contribution is -0.114. The summed E-state index contributed by atoms with van der Waals surface area (Å²) in [6.45, 7) is 1.38. The average Bonchev–Trinajstić information content (AvgIpc) is 2.69. The number of halogens is 1. The number of thiazole rings is 1. The zero-order valence-corrected chi connectivity index (χ0v) is 9.34. The number of nitrogens with zero attached hydrogens (tertiary/aromatic N) is 1. The summed E-state index contributed by atoms with van der Waals surface area (Å²) in [5.41, 5.74) is 3.58. The predicted molar refractivity (Wildman–Crippen MR) is 61.8 cm³/mol. The number of carbonyl (C=O) groups is 1. The number of hydrogen-bond donors (Lipinski definition) is 1. The van der Waals surface area contributed by atoms with E-state index in [1.165, 1.54) is 30.4 Å². The van der Waals surface area contributed by atoms with E-state index in [1.807, 2.05) is 5.38 Å². The molecule has 0 aliphatic carbocycles. The largest absolute Gasteiger partial charge is 0.326 e. The first kappa shape index (κ1) is 10.8. The number of carbonyl (C=O) groups excluding carboxylic acids is 1. The first-order chi connectivity index (χ1) is 7.66. The zero-order valence-electron chi connectivity index (χ0n) is 8.53. The van der Waals surface area contributed by atoms with Crippen LogP contribution >= 0.6 is 11.3 Å². The maximum absolute atomic E-state index is 13.1. The van der Waals surface area contributed by atoms with Crippen molar-refractivity contribution in [1.29, 1.82) is 0 Å². The average molecular weight is 236 g/mol. The van der Waals surface area contributed by atoms with Crippen LogP contribution in [0.2, 0.25) is 0 Å². The van der Waals surface area contributed by atoms with Gasteiger partial charge in [0.25, 0.3) is 0 Å². The summed E-state index contributed by atoms with van der Waals surface area (Å²) in [4.78, 5) is 15.1. The fourth-order valence-corrected chi connectivity index (χ4v) is 1.93. The van der Waals surface area contributed by atoms with Gasteiger partial charge in [0.2, 0.25) is 5.91 Å². The van der Waals surface area contributed by atoms with Crippen LogP contribution in [0.4, 0.5) is 10.1 Å². The van der Waals surface area contributed by atoms with E-state index in [1.54, 1.807) is 11.6 Å². The molecule has 0 saturated carbocycles. The van der Waals surface area contributed by atoms with Gasteiger partial charge in [-0.2, -0.15) is 0 Å². The quantitative estimate of drug-likeness (QED) is 0.871. The normalized spacial score (nSPS) is 10.1. The van der Waals surface area contributed by atoms with Crippen LogP contribution in [0, 0.1) is 5.82 Å². The minimum absolute atomic E-state index is 0.234. The molecule has 1 aromatic heterocycles. The Hall–Kier alpha value is -1.75. The van der Waals surface area contributed by atoms with Crippen LogP contribution in [0.5, 0.6) is 0 Å². The standard InChI is InChI=1S/C11H9FN2OS/c1-7(15)14-10-4-8(12)2-3-9(10)11-5-16-6-13-11/h2-6H,1H3,(H,14,15). The Morgan fingerprint density at radius 1 is 1.50 bits per heavy atom. The highest BCUT2D eigenvalue weighted by Crippen LogP contribution is 2.28. The van der Waals surface area contributed by atoms with Gasteiger partial charge >= 0.3 is 0 Å². The van der Waals surface area contributed by atoms with Crippen LogP contribution in [-0.2, 0) is 4.79 Å². The van der Waals surface area contributed by atoms with Crippen LogP contribution in [0.25, 0.3) is 11.3 Å². The van der Waals surface area contributed by atoms with Crippen LogP contribution < -0.4 is 5.32 Å². The third-order valence-electron chi connectivity index (χ3n) is 2.00. The Balaban J connectivity index is 2.48. The number of aromatic nitrogens is 1. The first-order valence-corrected chi connectivity index (χ1v) is 5.57. The van der Waals surface area contributed by atoms with E-state index in [2.05, 4.69) is 10.3 Å². The van der Waals surface area contributed by atoms with Gasteiger partial charge < -0.3 is 5.32 Å². The molecule has 82 valence electrons. The van der Waals surface area contributed by atoms with Crippen LogP contribution in [0.1, 0.15) is 6.92 Å². The predicted octanol–water partition coefficient (Wildman–Crippen LogP) is 2.91. The maximum Gasteiger partial charge on any atom is 0.221 e. The van der Waals surface area contributed by atoms with Gasteiger partial charge in [-0.1, -0.05) is 0 Å². The third kappa shape index (κ3) is 2.25. The summed E-state index contributed by atoms with van der Waals surface area (Å²) in [5, 5.41) is 4.43. The molecule has 1 N–H and O–H groups in total. The van der Waals surface area contributed by atoms with E-state index in [0.717, 1.165) is 11.3 Å². The van der Waals surface area contributed by atoms with Crippen molar-refractivity contribution in [3.05, 3.63) is 34.9 Å². The molecule has 0 fully saturated rings. The molecule has 0 saturated heterocycles. The number of amides is 1. The molecule has 0 radical (unpaired) electrons. The van der Waals surface area contributed by atoms with Crippen molar-refractivity contribution in [1.82, 2.24) is 4.98 Å². The molecule has 0 aliphatic heterocycles. The van der Waals surface area contributed by atoms with Gasteiger partial charge in [-0.3, -0.25) is 4.79 Å². The molecule has 0 spiro atoms. The number of hydrogen-bond acceptors (Lipinski definition) is 3. The number of rotatable bonds is 2. The summed E-state index contributed by atoms with van der Waals surface area (Å²) in [7, 11) is 0. The highest BCUT2D eigenvalue weighted by atomic mass is 32.1. The Morgan fingerprint density at radius 2 is 2.31 bits per heavy atom. The van der Waals surface area contributed by atoms with Crippen molar-refractivity contribution in [3.63, 3.8) is 0 Å². The van der Waals surface area contributed by atoms with Gasteiger partial charge in [-0.05, 0) is 18.2 Å². The second-order valence-corrected chi connectivity index (χ2v) is 3.96. The van der Waals surface area contributed by atoms with E-state index in [0.29, 0.717) is 5.69 Å². The van der Waals surface area contributed by atoms with Crippen molar-refractivity contribution in [2.24, 2.45) is 0 Å². The van der Waals surface area contributed by atoms with E-state index >= 15 is 0 Å². The molecule has 0 atom stereocenters. The molecule has 0 unspecified atom stereocenters. The van der Waals surface area contributed by atoms with E-state index < -0.39 is 0 Å². The van der Waals surface area contributed by atoms with Crippen LogP contribution in [0.3, 0.4) is 0 Å². The third-order valence-corrected chi connectivity index (χ3v) is 2.59. The minimum Gasteiger partial charge on any atom is -0.326 e. The molecule has 2 rings (SSSR count). The Morgan fingerprint density at radius 3 is 2.94 bits per heavy atom. The summed E-state index contributed by atoms with van der Waals surface area (Å²) >= 11 is 1.45. The highest BCUT2D eigenvalue weighted by Gasteiger charge is 2.09. The fourth-order valence-electron chi connectivity index (χ4n) is 1.38. The maximum atomic E-state index is 13.1. The topological polar surface area (TPSA) is 42.0 Å². The molecular formula is C11H9FN2OS. The first-order valence-electron chi connectivity index (χ1n) is 4.62. The SMILES string of the molecule is CC(=O)Nc1cc(F)ccc1-c1cscn1. The number of anilines is 1. The molecule has 5 heteroatoms. The molecular weight excluding hydrogens is 227 g/mol. The molecule has 0 bridgehead atoms. The molecule has 1 amide bonds. The van der Waals surface area contributed by atoms with Gasteiger partial charge in [0.05, 0.1) is 16.9 Å². The molecule has 16 heavy (non-hydrogen) atoms. The van der Waals surface area contributed by atoms with Crippen LogP contribution in [-0.4, -0.2) is 10.9 Å². The summed E-state index contributed by atoms with van der Waals surface area (Å²) in [6.07, 6.45) is 0. The molecule has 3 nitrogen and oxygen atoms in total. The van der Waals surface area contributed by atoms with Crippen molar-refractivity contribution in [2.75, 3.05) is 5.32 Å². The minimum atomic E-state index is -0.386. The van der Waals surface area contributed by atoms with Gasteiger partial charge in [-0.25, -0.2) is 9.37 Å². The van der Waals surface area contributed by atoms with Crippen molar-refractivity contribution in [3.8, 4) is 11.3 Å². The van der Waals surface area contributed by atoms with Crippen molar-refractivity contribution in [2.45, 2.75) is 6.92 Å². The summed E-state index contributed by atoms with van der Waals surface area (Å²) < 4.78 is 13.1. The van der Waals surface area contributed by atoms with E-state index in [-0.39, 0.29) is 11.7 Å². The van der Waals surface area contributed by atoms with E-state index in [9.17, 15) is 9.18 Å². The number of nitrogens with one attached hydrogen (secondary N) is 1. The molecule has 1 heterocycles. The monoisotopic (exact) mass is 236 g/mol. The second kappa shape index (κ2) is 4.40. The molecule has 2 aromatic rings.